The number of rotatable bonds is 3. The van der Waals surface area contributed by atoms with E-state index >= 15 is 0 Å². The summed E-state index contributed by atoms with van der Waals surface area (Å²) < 4.78 is 2.22. The Morgan fingerprint density at radius 1 is 1.41 bits per heavy atom. The first-order chi connectivity index (χ1) is 8.04. The van der Waals surface area contributed by atoms with Gasteiger partial charge in [-0.25, -0.2) is 4.98 Å². The van der Waals surface area contributed by atoms with Crippen molar-refractivity contribution in [2.45, 2.75) is 39.3 Å². The molecule has 0 saturated carbocycles. The van der Waals surface area contributed by atoms with Gasteiger partial charge in [0.2, 0.25) is 0 Å². The van der Waals surface area contributed by atoms with E-state index in [4.69, 9.17) is 17.3 Å². The zero-order valence-corrected chi connectivity index (χ0v) is 11.2. The standard InChI is InChI=1S/C13H18ClN3/c1-4-8(2)17-12-6-5-10(14)7-11(12)16-13(17)9(3)15/h5-9H,4,15H2,1-3H3/t8-,9+/m0/s1. The normalized spacial score (nSPS) is 15.1. The lowest BCUT2D eigenvalue weighted by atomic mass is 10.2. The third-order valence-electron chi connectivity index (χ3n) is 3.12. The van der Waals surface area contributed by atoms with Gasteiger partial charge in [-0.05, 0) is 38.5 Å². The van der Waals surface area contributed by atoms with Gasteiger partial charge in [0.15, 0.2) is 0 Å². The Kier molecular flexibility index (Phi) is 3.40. The Hall–Kier alpha value is -1.06. The van der Waals surface area contributed by atoms with Crippen molar-refractivity contribution in [3.63, 3.8) is 0 Å². The van der Waals surface area contributed by atoms with Crippen molar-refractivity contribution in [2.24, 2.45) is 5.73 Å². The molecule has 0 amide bonds. The quantitative estimate of drug-likeness (QED) is 0.904. The van der Waals surface area contributed by atoms with Gasteiger partial charge in [0.25, 0.3) is 0 Å². The molecule has 0 saturated heterocycles. The van der Waals surface area contributed by atoms with E-state index in [0.29, 0.717) is 11.1 Å². The fraction of sp³-hybridized carbons (Fsp3) is 0.462. The number of nitrogens with two attached hydrogens (primary N) is 1. The maximum absolute atomic E-state index is 5.99. The zero-order chi connectivity index (χ0) is 12.6. The van der Waals surface area contributed by atoms with Crippen LogP contribution < -0.4 is 5.73 Å². The van der Waals surface area contributed by atoms with Gasteiger partial charge in [-0.3, -0.25) is 0 Å². The van der Waals surface area contributed by atoms with Gasteiger partial charge >= 0.3 is 0 Å². The Labute approximate surface area is 107 Å². The topological polar surface area (TPSA) is 43.8 Å². The number of halogens is 1. The predicted octanol–water partition coefficient (Wildman–Crippen LogP) is 3.68. The van der Waals surface area contributed by atoms with Crippen LogP contribution in [-0.4, -0.2) is 9.55 Å². The highest BCUT2D eigenvalue weighted by atomic mass is 35.5. The summed E-state index contributed by atoms with van der Waals surface area (Å²) in [5, 5.41) is 0.711. The molecule has 2 atom stereocenters. The van der Waals surface area contributed by atoms with Gasteiger partial charge in [-0.1, -0.05) is 18.5 Å². The Balaban J connectivity index is 2.71. The molecule has 92 valence electrons. The van der Waals surface area contributed by atoms with Crippen LogP contribution in [0.4, 0.5) is 0 Å². The van der Waals surface area contributed by atoms with Crippen LogP contribution in [0.5, 0.6) is 0 Å². The molecule has 3 nitrogen and oxygen atoms in total. The fourth-order valence-electron chi connectivity index (χ4n) is 2.06. The molecule has 17 heavy (non-hydrogen) atoms. The molecule has 4 heteroatoms. The summed E-state index contributed by atoms with van der Waals surface area (Å²) in [5.74, 6) is 0.927. The molecular weight excluding hydrogens is 234 g/mol. The molecule has 2 N–H and O–H groups in total. The second-order valence-corrected chi connectivity index (χ2v) is 4.96. The van der Waals surface area contributed by atoms with Crippen molar-refractivity contribution in [3.05, 3.63) is 29.0 Å². The molecule has 0 bridgehead atoms. The molecule has 0 aliphatic heterocycles. The Bertz CT molecular complexity index is 531. The summed E-state index contributed by atoms with van der Waals surface area (Å²) >= 11 is 5.99. The number of fused-ring (bicyclic) bond motifs is 1. The zero-order valence-electron chi connectivity index (χ0n) is 10.4. The fourth-order valence-corrected chi connectivity index (χ4v) is 2.22. The first-order valence-corrected chi connectivity index (χ1v) is 6.35. The summed E-state index contributed by atoms with van der Waals surface area (Å²) in [4.78, 5) is 4.60. The second-order valence-electron chi connectivity index (χ2n) is 4.52. The molecule has 0 aliphatic rings. The van der Waals surface area contributed by atoms with Crippen molar-refractivity contribution in [2.75, 3.05) is 0 Å². The van der Waals surface area contributed by atoms with Crippen LogP contribution in [0.15, 0.2) is 18.2 Å². The minimum Gasteiger partial charge on any atom is -0.324 e. The van der Waals surface area contributed by atoms with E-state index in [1.807, 2.05) is 25.1 Å². The highest BCUT2D eigenvalue weighted by Crippen LogP contribution is 2.27. The van der Waals surface area contributed by atoms with E-state index < -0.39 is 0 Å². The van der Waals surface area contributed by atoms with Crippen LogP contribution in [0.25, 0.3) is 11.0 Å². The van der Waals surface area contributed by atoms with Gasteiger partial charge in [0, 0.05) is 11.1 Å². The van der Waals surface area contributed by atoms with E-state index in [1.165, 1.54) is 0 Å². The predicted molar refractivity (Wildman–Crippen MR) is 72.3 cm³/mol. The van der Waals surface area contributed by atoms with E-state index in [-0.39, 0.29) is 6.04 Å². The van der Waals surface area contributed by atoms with Gasteiger partial charge in [-0.2, -0.15) is 0 Å². The lowest BCUT2D eigenvalue weighted by Crippen LogP contribution is -2.16. The average molecular weight is 252 g/mol. The molecule has 0 radical (unpaired) electrons. The number of benzene rings is 1. The van der Waals surface area contributed by atoms with Crippen LogP contribution in [0, 0.1) is 0 Å². The maximum Gasteiger partial charge on any atom is 0.126 e. The molecule has 0 aliphatic carbocycles. The van der Waals surface area contributed by atoms with E-state index in [2.05, 4.69) is 23.4 Å². The summed E-state index contributed by atoms with van der Waals surface area (Å²) in [6.45, 7) is 6.31. The Morgan fingerprint density at radius 3 is 2.71 bits per heavy atom. The highest BCUT2D eigenvalue weighted by Gasteiger charge is 2.17. The van der Waals surface area contributed by atoms with Crippen LogP contribution in [0.2, 0.25) is 5.02 Å². The first-order valence-electron chi connectivity index (χ1n) is 5.97. The van der Waals surface area contributed by atoms with Gasteiger partial charge in [0.05, 0.1) is 17.1 Å². The van der Waals surface area contributed by atoms with Crippen molar-refractivity contribution in [1.82, 2.24) is 9.55 Å². The number of aromatic nitrogens is 2. The van der Waals surface area contributed by atoms with E-state index in [0.717, 1.165) is 23.3 Å². The number of hydrogen-bond donors (Lipinski definition) is 1. The lowest BCUT2D eigenvalue weighted by molar-refractivity contribution is 0.506. The van der Waals surface area contributed by atoms with Crippen LogP contribution >= 0.6 is 11.6 Å². The van der Waals surface area contributed by atoms with Crippen molar-refractivity contribution < 1.29 is 0 Å². The van der Waals surface area contributed by atoms with Gasteiger partial charge in [0.1, 0.15) is 5.82 Å². The van der Waals surface area contributed by atoms with Crippen LogP contribution in [0.3, 0.4) is 0 Å². The summed E-state index contributed by atoms with van der Waals surface area (Å²) in [6, 6.07) is 6.12. The van der Waals surface area contributed by atoms with Crippen LogP contribution in [0.1, 0.15) is 45.1 Å². The van der Waals surface area contributed by atoms with Gasteiger partial charge < -0.3 is 10.3 Å². The molecular formula is C13H18ClN3. The van der Waals surface area contributed by atoms with Crippen molar-refractivity contribution in [1.29, 1.82) is 0 Å². The Morgan fingerprint density at radius 2 is 2.12 bits per heavy atom. The lowest BCUT2D eigenvalue weighted by Gasteiger charge is -2.17. The third-order valence-corrected chi connectivity index (χ3v) is 3.35. The highest BCUT2D eigenvalue weighted by molar-refractivity contribution is 6.31. The smallest absolute Gasteiger partial charge is 0.126 e. The number of hydrogen-bond acceptors (Lipinski definition) is 2. The number of nitrogens with zero attached hydrogens (tertiary/aromatic N) is 2. The SMILES string of the molecule is CC[C@H](C)n1c([C@@H](C)N)nc2cc(Cl)ccc21. The average Bonchev–Trinajstić information content (AvgIpc) is 2.66. The maximum atomic E-state index is 5.99. The minimum absolute atomic E-state index is 0.0739. The molecule has 2 aromatic rings. The van der Waals surface area contributed by atoms with Crippen molar-refractivity contribution >= 4 is 22.6 Å². The molecule has 0 unspecified atom stereocenters. The van der Waals surface area contributed by atoms with Crippen LogP contribution in [-0.2, 0) is 0 Å². The first kappa shape index (κ1) is 12.4. The van der Waals surface area contributed by atoms with Gasteiger partial charge in [-0.15, -0.1) is 0 Å². The summed E-state index contributed by atoms with van der Waals surface area (Å²) in [7, 11) is 0. The second kappa shape index (κ2) is 4.67. The minimum atomic E-state index is -0.0739. The molecule has 1 aromatic heterocycles. The van der Waals surface area contributed by atoms with E-state index in [1.54, 1.807) is 0 Å². The summed E-state index contributed by atoms with van der Waals surface area (Å²) in [5.41, 5.74) is 8.02. The monoisotopic (exact) mass is 251 g/mol. The molecule has 0 spiro atoms. The van der Waals surface area contributed by atoms with E-state index in [9.17, 15) is 0 Å². The molecule has 2 rings (SSSR count). The molecule has 1 aromatic carbocycles. The third kappa shape index (κ3) is 2.17. The largest absolute Gasteiger partial charge is 0.324 e. The number of imidazole rings is 1. The molecule has 0 fully saturated rings. The van der Waals surface area contributed by atoms with Crippen molar-refractivity contribution in [3.8, 4) is 0 Å². The molecule has 1 heterocycles. The summed E-state index contributed by atoms with van der Waals surface area (Å²) in [6.07, 6.45) is 1.05.